The minimum Gasteiger partial charge on any atom is -0.466 e. The molecule has 0 aromatic carbocycles. The van der Waals surface area contributed by atoms with Gasteiger partial charge in [0, 0.05) is 26.6 Å². The summed E-state index contributed by atoms with van der Waals surface area (Å²) in [6.45, 7) is 5.98. The van der Waals surface area contributed by atoms with Crippen molar-refractivity contribution in [3.8, 4) is 0 Å². The summed E-state index contributed by atoms with van der Waals surface area (Å²) in [5.74, 6) is 0.105. The average molecular weight is 359 g/mol. The molecule has 0 aromatic rings. The van der Waals surface area contributed by atoms with E-state index in [4.69, 9.17) is 14.2 Å². The second kappa shape index (κ2) is 17.7. The summed E-state index contributed by atoms with van der Waals surface area (Å²) in [4.78, 5) is 23.2. The molecule has 5 heteroatoms. The number of methoxy groups -OCH3 is 1. The van der Waals surface area contributed by atoms with Gasteiger partial charge >= 0.3 is 11.9 Å². The monoisotopic (exact) mass is 358 g/mol. The molecule has 0 N–H and O–H groups in total. The molecule has 1 atom stereocenters. The van der Waals surface area contributed by atoms with Gasteiger partial charge in [-0.15, -0.1) is 0 Å². The number of carbonyl (C=O) groups excluding carboxylic acids is 2. The first kappa shape index (κ1) is 23.9. The molecule has 0 fully saturated rings. The summed E-state index contributed by atoms with van der Waals surface area (Å²) >= 11 is 0. The number of carbonyl (C=O) groups is 2. The van der Waals surface area contributed by atoms with Crippen LogP contribution in [-0.2, 0) is 23.8 Å². The highest BCUT2D eigenvalue weighted by molar-refractivity contribution is 5.72. The van der Waals surface area contributed by atoms with E-state index in [-0.39, 0.29) is 24.8 Å². The van der Waals surface area contributed by atoms with Crippen LogP contribution in [0.4, 0.5) is 0 Å². The topological polar surface area (TPSA) is 61.8 Å². The van der Waals surface area contributed by atoms with E-state index < -0.39 is 0 Å². The predicted octanol–water partition coefficient (Wildman–Crippen LogP) is 4.67. The Labute approximate surface area is 153 Å². The number of hydrogen-bond donors (Lipinski definition) is 0. The van der Waals surface area contributed by atoms with Gasteiger partial charge in [0.1, 0.15) is 0 Å². The van der Waals surface area contributed by atoms with Gasteiger partial charge in [0.05, 0.1) is 13.2 Å². The summed E-state index contributed by atoms with van der Waals surface area (Å²) in [6, 6.07) is 0. The Bertz CT molecular complexity index is 322. The second-order valence-electron chi connectivity index (χ2n) is 6.58. The molecule has 1 unspecified atom stereocenters. The first-order valence-electron chi connectivity index (χ1n) is 9.94. The highest BCUT2D eigenvalue weighted by atomic mass is 16.5. The first-order valence-corrected chi connectivity index (χ1v) is 9.94. The molecule has 0 aliphatic carbocycles. The second-order valence-corrected chi connectivity index (χ2v) is 6.58. The van der Waals surface area contributed by atoms with Crippen LogP contribution in [0.2, 0.25) is 0 Å². The van der Waals surface area contributed by atoms with Gasteiger partial charge in [-0.2, -0.15) is 0 Å². The van der Waals surface area contributed by atoms with Crippen LogP contribution in [0.5, 0.6) is 0 Å². The lowest BCUT2D eigenvalue weighted by Crippen LogP contribution is -2.12. The lowest BCUT2D eigenvalue weighted by Gasteiger charge is -2.16. The maximum Gasteiger partial charge on any atom is 0.305 e. The lowest BCUT2D eigenvalue weighted by molar-refractivity contribution is -0.145. The van der Waals surface area contributed by atoms with E-state index in [1.54, 1.807) is 7.11 Å². The SMILES string of the molecule is CCCCCOC(=O)CCCC(=O)OCCC(CCCC)CCOC. The van der Waals surface area contributed by atoms with Gasteiger partial charge in [0.25, 0.3) is 0 Å². The number of hydrogen-bond acceptors (Lipinski definition) is 5. The lowest BCUT2D eigenvalue weighted by atomic mass is 9.96. The van der Waals surface area contributed by atoms with Gasteiger partial charge in [-0.1, -0.05) is 46.0 Å². The summed E-state index contributed by atoms with van der Waals surface area (Å²) in [7, 11) is 1.71. The zero-order valence-electron chi connectivity index (χ0n) is 16.5. The van der Waals surface area contributed by atoms with Crippen LogP contribution >= 0.6 is 0 Å². The molecule has 0 aromatic heterocycles. The van der Waals surface area contributed by atoms with E-state index in [1.165, 1.54) is 12.8 Å². The first-order chi connectivity index (χ1) is 12.1. The minimum atomic E-state index is -0.222. The van der Waals surface area contributed by atoms with E-state index in [2.05, 4.69) is 13.8 Å². The quantitative estimate of drug-likeness (QED) is 0.279. The van der Waals surface area contributed by atoms with Gasteiger partial charge in [-0.05, 0) is 31.6 Å². The maximum atomic E-state index is 11.7. The van der Waals surface area contributed by atoms with Crippen molar-refractivity contribution in [3.63, 3.8) is 0 Å². The third-order valence-corrected chi connectivity index (χ3v) is 4.26. The summed E-state index contributed by atoms with van der Waals surface area (Å²) < 4.78 is 15.6. The number of unbranched alkanes of at least 4 members (excludes halogenated alkanes) is 3. The summed E-state index contributed by atoms with van der Waals surface area (Å²) in [5.41, 5.74) is 0. The predicted molar refractivity (Wildman–Crippen MR) is 99.4 cm³/mol. The standard InChI is InChI=1S/C20H38O5/c1-4-6-8-15-24-19(21)11-9-12-20(22)25-17-14-18(10-7-5-2)13-16-23-3/h18H,4-17H2,1-3H3. The Morgan fingerprint density at radius 3 is 1.92 bits per heavy atom. The molecule has 0 aliphatic rings. The van der Waals surface area contributed by atoms with E-state index in [0.29, 0.717) is 25.6 Å². The van der Waals surface area contributed by atoms with Gasteiger partial charge in [-0.25, -0.2) is 0 Å². The van der Waals surface area contributed by atoms with Crippen LogP contribution in [0.15, 0.2) is 0 Å². The molecule has 0 radical (unpaired) electrons. The Morgan fingerprint density at radius 2 is 1.32 bits per heavy atom. The highest BCUT2D eigenvalue weighted by Crippen LogP contribution is 2.17. The Morgan fingerprint density at radius 1 is 0.720 bits per heavy atom. The van der Waals surface area contributed by atoms with Crippen molar-refractivity contribution in [2.75, 3.05) is 26.9 Å². The minimum absolute atomic E-state index is 0.219. The average Bonchev–Trinajstić information content (AvgIpc) is 2.60. The van der Waals surface area contributed by atoms with Crippen molar-refractivity contribution in [2.24, 2.45) is 5.92 Å². The third-order valence-electron chi connectivity index (χ3n) is 4.26. The molecule has 0 bridgehead atoms. The highest BCUT2D eigenvalue weighted by Gasteiger charge is 2.11. The molecule has 0 saturated heterocycles. The number of rotatable bonds is 17. The largest absolute Gasteiger partial charge is 0.466 e. The molecular weight excluding hydrogens is 320 g/mol. The normalized spacial score (nSPS) is 12.0. The van der Waals surface area contributed by atoms with Crippen molar-refractivity contribution in [1.82, 2.24) is 0 Å². The van der Waals surface area contributed by atoms with Crippen LogP contribution in [0.3, 0.4) is 0 Å². The Kier molecular flexibility index (Phi) is 16.9. The third kappa shape index (κ3) is 16.1. The molecule has 0 amide bonds. The smallest absolute Gasteiger partial charge is 0.305 e. The van der Waals surface area contributed by atoms with Crippen molar-refractivity contribution in [3.05, 3.63) is 0 Å². The van der Waals surface area contributed by atoms with Crippen LogP contribution in [0.1, 0.15) is 84.5 Å². The summed E-state index contributed by atoms with van der Waals surface area (Å²) in [6.07, 6.45) is 9.57. The molecule has 0 rings (SSSR count). The molecule has 0 saturated carbocycles. The molecule has 0 aliphatic heterocycles. The Hall–Kier alpha value is -1.10. The molecule has 5 nitrogen and oxygen atoms in total. The number of esters is 2. The molecule has 0 heterocycles. The van der Waals surface area contributed by atoms with Gasteiger partial charge in [0.2, 0.25) is 0 Å². The van der Waals surface area contributed by atoms with Crippen LogP contribution in [-0.4, -0.2) is 38.9 Å². The van der Waals surface area contributed by atoms with E-state index in [9.17, 15) is 9.59 Å². The maximum absolute atomic E-state index is 11.7. The van der Waals surface area contributed by atoms with E-state index >= 15 is 0 Å². The van der Waals surface area contributed by atoms with Crippen molar-refractivity contribution in [1.29, 1.82) is 0 Å². The van der Waals surface area contributed by atoms with Gasteiger partial charge < -0.3 is 14.2 Å². The van der Waals surface area contributed by atoms with Crippen molar-refractivity contribution < 1.29 is 23.8 Å². The van der Waals surface area contributed by atoms with E-state index in [0.717, 1.165) is 45.1 Å². The molecule has 0 spiro atoms. The Balaban J connectivity index is 3.71. The zero-order valence-corrected chi connectivity index (χ0v) is 16.5. The van der Waals surface area contributed by atoms with Crippen LogP contribution in [0, 0.1) is 5.92 Å². The van der Waals surface area contributed by atoms with Crippen LogP contribution in [0.25, 0.3) is 0 Å². The van der Waals surface area contributed by atoms with Crippen LogP contribution < -0.4 is 0 Å². The van der Waals surface area contributed by atoms with Gasteiger partial charge in [-0.3, -0.25) is 9.59 Å². The fraction of sp³-hybridized carbons (Fsp3) is 0.900. The zero-order chi connectivity index (χ0) is 18.8. The number of ether oxygens (including phenoxy) is 3. The fourth-order valence-corrected chi connectivity index (χ4v) is 2.61. The van der Waals surface area contributed by atoms with Crippen molar-refractivity contribution >= 4 is 11.9 Å². The molecule has 25 heavy (non-hydrogen) atoms. The fourth-order valence-electron chi connectivity index (χ4n) is 2.61. The van der Waals surface area contributed by atoms with E-state index in [1.807, 2.05) is 0 Å². The molecule has 148 valence electrons. The summed E-state index contributed by atoms with van der Waals surface area (Å²) in [5, 5.41) is 0. The van der Waals surface area contributed by atoms with Crippen molar-refractivity contribution in [2.45, 2.75) is 84.5 Å². The molecular formula is C20H38O5. The van der Waals surface area contributed by atoms with Gasteiger partial charge in [0.15, 0.2) is 0 Å².